The summed E-state index contributed by atoms with van der Waals surface area (Å²) in [6.45, 7) is 0.505. The summed E-state index contributed by atoms with van der Waals surface area (Å²) < 4.78 is 1.38. The van der Waals surface area contributed by atoms with Gasteiger partial charge in [0.25, 0.3) is 5.91 Å². The van der Waals surface area contributed by atoms with E-state index in [1.165, 1.54) is 11.3 Å². The van der Waals surface area contributed by atoms with E-state index in [1.54, 1.807) is 18.2 Å². The second-order valence-corrected chi connectivity index (χ2v) is 6.82. The number of benzene rings is 1. The molecule has 0 atom stereocenters. The average molecular weight is 355 g/mol. The molecule has 0 radical (unpaired) electrons. The van der Waals surface area contributed by atoms with Crippen molar-refractivity contribution in [2.75, 3.05) is 6.54 Å². The minimum absolute atomic E-state index is 0.186. The third-order valence-corrected chi connectivity index (χ3v) is 5.19. The maximum absolute atomic E-state index is 12.1. The highest BCUT2D eigenvalue weighted by atomic mass is 35.5. The lowest BCUT2D eigenvalue weighted by molar-refractivity contribution is 0.0950. The number of hydrogen-bond donors (Lipinski definition) is 3. The van der Waals surface area contributed by atoms with Crippen LogP contribution in [0, 0.1) is 0 Å². The molecule has 0 unspecified atom stereocenters. The van der Waals surface area contributed by atoms with Crippen molar-refractivity contribution in [1.82, 2.24) is 10.3 Å². The number of aromatic nitrogens is 1. The number of carbonyl (C=O) groups excluding carboxylic acids is 1. The molecule has 0 bridgehead atoms. The van der Waals surface area contributed by atoms with E-state index in [0.29, 0.717) is 33.5 Å². The van der Waals surface area contributed by atoms with Gasteiger partial charge < -0.3 is 15.4 Å². The molecule has 0 aliphatic rings. The third kappa shape index (κ3) is 3.06. The Hall–Kier alpha value is -1.69. The zero-order valence-corrected chi connectivity index (χ0v) is 13.6. The number of rotatable bonds is 4. The fourth-order valence-corrected chi connectivity index (χ4v) is 3.60. The summed E-state index contributed by atoms with van der Waals surface area (Å²) >= 11 is 13.3. The van der Waals surface area contributed by atoms with Crippen LogP contribution >= 0.6 is 34.5 Å². The van der Waals surface area contributed by atoms with Crippen molar-refractivity contribution >= 4 is 50.7 Å². The van der Waals surface area contributed by atoms with Crippen LogP contribution < -0.4 is 5.32 Å². The lowest BCUT2D eigenvalue weighted by Crippen LogP contribution is -2.25. The zero-order chi connectivity index (χ0) is 15.7. The number of amides is 1. The van der Waals surface area contributed by atoms with Gasteiger partial charge in [0.1, 0.15) is 15.8 Å². The summed E-state index contributed by atoms with van der Waals surface area (Å²) in [4.78, 5) is 15.1. The largest absolute Gasteiger partial charge is 0.508 e. The molecule has 0 fully saturated rings. The summed E-state index contributed by atoms with van der Waals surface area (Å²) in [7, 11) is 0. The van der Waals surface area contributed by atoms with E-state index in [9.17, 15) is 9.90 Å². The minimum atomic E-state index is -0.186. The summed E-state index contributed by atoms with van der Waals surface area (Å²) in [6.07, 6.45) is 0.688. The molecule has 114 valence electrons. The molecule has 3 rings (SSSR count). The van der Waals surface area contributed by atoms with Crippen LogP contribution in [0.1, 0.15) is 16.1 Å². The number of phenols is 1. The molecule has 0 saturated carbocycles. The molecular weight excluding hydrogens is 343 g/mol. The van der Waals surface area contributed by atoms with Crippen LogP contribution in [0.5, 0.6) is 5.75 Å². The summed E-state index contributed by atoms with van der Waals surface area (Å²) in [5.74, 6) is 0.0455. The van der Waals surface area contributed by atoms with Crippen molar-refractivity contribution in [3.8, 4) is 5.75 Å². The molecule has 7 heteroatoms. The van der Waals surface area contributed by atoms with Gasteiger partial charge in [0.15, 0.2) is 0 Å². The highest BCUT2D eigenvalue weighted by Gasteiger charge is 2.15. The maximum Gasteiger partial charge on any atom is 0.267 e. The number of H-pyrrole nitrogens is 1. The average Bonchev–Trinajstić information content (AvgIpc) is 3.02. The number of aromatic hydroxyl groups is 1. The number of carbonyl (C=O) groups is 1. The van der Waals surface area contributed by atoms with E-state index in [1.807, 2.05) is 12.1 Å². The standard InChI is InChI=1S/C15H12Cl2N2O2S/c16-12-13-11(22-14(12)17)7-10(19-13)15(21)18-6-5-8-1-3-9(20)4-2-8/h1-4,7,19-20H,5-6H2,(H,18,21). The molecule has 3 N–H and O–H groups in total. The molecule has 2 aromatic heterocycles. The molecule has 2 heterocycles. The van der Waals surface area contributed by atoms with Gasteiger partial charge in [-0.15, -0.1) is 11.3 Å². The SMILES string of the molecule is O=C(NCCc1ccc(O)cc1)c1cc2sc(Cl)c(Cl)c2[nH]1. The molecule has 1 amide bonds. The van der Waals surface area contributed by atoms with E-state index in [4.69, 9.17) is 23.2 Å². The van der Waals surface area contributed by atoms with Crippen molar-refractivity contribution in [2.24, 2.45) is 0 Å². The third-order valence-electron chi connectivity index (χ3n) is 3.25. The van der Waals surface area contributed by atoms with Gasteiger partial charge in [-0.25, -0.2) is 0 Å². The second-order valence-electron chi connectivity index (χ2n) is 4.78. The van der Waals surface area contributed by atoms with E-state index >= 15 is 0 Å². The monoisotopic (exact) mass is 354 g/mol. The van der Waals surface area contributed by atoms with Crippen LogP contribution in [0.4, 0.5) is 0 Å². The highest BCUT2D eigenvalue weighted by Crippen LogP contribution is 2.38. The Balaban J connectivity index is 1.62. The van der Waals surface area contributed by atoms with Crippen molar-refractivity contribution in [2.45, 2.75) is 6.42 Å². The van der Waals surface area contributed by atoms with Crippen LogP contribution in [0.15, 0.2) is 30.3 Å². The van der Waals surface area contributed by atoms with E-state index in [2.05, 4.69) is 10.3 Å². The Kier molecular flexibility index (Phi) is 4.29. The number of thiophene rings is 1. The van der Waals surface area contributed by atoms with Crippen LogP contribution in [-0.4, -0.2) is 22.5 Å². The number of phenolic OH excluding ortho intramolecular Hbond substituents is 1. The van der Waals surface area contributed by atoms with Gasteiger partial charge in [0.05, 0.1) is 15.2 Å². The second kappa shape index (κ2) is 6.20. The van der Waals surface area contributed by atoms with Gasteiger partial charge in [-0.3, -0.25) is 4.79 Å². The fraction of sp³-hybridized carbons (Fsp3) is 0.133. The van der Waals surface area contributed by atoms with Crippen LogP contribution in [0.3, 0.4) is 0 Å². The number of nitrogens with one attached hydrogen (secondary N) is 2. The van der Waals surface area contributed by atoms with Crippen LogP contribution in [0.25, 0.3) is 10.2 Å². The maximum atomic E-state index is 12.1. The van der Waals surface area contributed by atoms with E-state index in [0.717, 1.165) is 10.3 Å². The molecule has 0 spiro atoms. The predicted octanol–water partition coefficient (Wildman–Crippen LogP) is 4.21. The number of hydrogen-bond acceptors (Lipinski definition) is 3. The zero-order valence-electron chi connectivity index (χ0n) is 11.3. The summed E-state index contributed by atoms with van der Waals surface area (Å²) in [5.41, 5.74) is 2.20. The number of halogens is 2. The molecule has 0 saturated heterocycles. The van der Waals surface area contributed by atoms with Crippen molar-refractivity contribution in [3.05, 3.63) is 50.9 Å². The smallest absolute Gasteiger partial charge is 0.267 e. The summed E-state index contributed by atoms with van der Waals surface area (Å²) in [5, 5.41) is 12.5. The first kappa shape index (κ1) is 15.2. The molecule has 0 aliphatic heterocycles. The lowest BCUT2D eigenvalue weighted by atomic mass is 10.1. The predicted molar refractivity (Wildman–Crippen MR) is 90.3 cm³/mol. The molecule has 3 aromatic rings. The van der Waals surface area contributed by atoms with Gasteiger partial charge in [-0.2, -0.15) is 0 Å². The quantitative estimate of drug-likeness (QED) is 0.656. The topological polar surface area (TPSA) is 65.1 Å². The Morgan fingerprint density at radius 1 is 1.27 bits per heavy atom. The first-order chi connectivity index (χ1) is 10.5. The van der Waals surface area contributed by atoms with Gasteiger partial charge in [0, 0.05) is 6.54 Å². The normalized spacial score (nSPS) is 11.0. The van der Waals surface area contributed by atoms with Gasteiger partial charge in [-0.1, -0.05) is 35.3 Å². The Morgan fingerprint density at radius 2 is 2.00 bits per heavy atom. The molecular formula is C15H12Cl2N2O2S. The summed E-state index contributed by atoms with van der Waals surface area (Å²) in [6, 6.07) is 8.65. The Morgan fingerprint density at radius 3 is 2.68 bits per heavy atom. The minimum Gasteiger partial charge on any atom is -0.508 e. The van der Waals surface area contributed by atoms with Crippen LogP contribution in [-0.2, 0) is 6.42 Å². The van der Waals surface area contributed by atoms with Gasteiger partial charge in [0.2, 0.25) is 0 Å². The Bertz CT molecular complexity index is 824. The molecule has 0 aliphatic carbocycles. The van der Waals surface area contributed by atoms with E-state index in [-0.39, 0.29) is 11.7 Å². The van der Waals surface area contributed by atoms with Crippen LogP contribution in [0.2, 0.25) is 9.36 Å². The van der Waals surface area contributed by atoms with Crippen molar-refractivity contribution < 1.29 is 9.90 Å². The molecule has 4 nitrogen and oxygen atoms in total. The van der Waals surface area contributed by atoms with E-state index < -0.39 is 0 Å². The Labute approximate surface area is 140 Å². The van der Waals surface area contributed by atoms with Gasteiger partial charge in [-0.05, 0) is 30.2 Å². The van der Waals surface area contributed by atoms with Gasteiger partial charge >= 0.3 is 0 Å². The highest BCUT2D eigenvalue weighted by molar-refractivity contribution is 7.23. The molecule has 22 heavy (non-hydrogen) atoms. The number of fused-ring (bicyclic) bond motifs is 1. The van der Waals surface area contributed by atoms with Crippen molar-refractivity contribution in [1.29, 1.82) is 0 Å². The van der Waals surface area contributed by atoms with Crippen molar-refractivity contribution in [3.63, 3.8) is 0 Å². The fourth-order valence-electron chi connectivity index (χ4n) is 2.12. The first-order valence-corrected chi connectivity index (χ1v) is 8.14. The number of aromatic amines is 1. The first-order valence-electron chi connectivity index (χ1n) is 6.57. The molecule has 1 aromatic carbocycles. The lowest BCUT2D eigenvalue weighted by Gasteiger charge is -2.04.